The quantitative estimate of drug-likeness (QED) is 0.570. The summed E-state index contributed by atoms with van der Waals surface area (Å²) in [4.78, 5) is 3.80. The summed E-state index contributed by atoms with van der Waals surface area (Å²) in [6.07, 6.45) is 1.63. The molecule has 2 nitrogen and oxygen atoms in total. The molecule has 0 saturated carbocycles. The Kier molecular flexibility index (Phi) is 3.45. The first-order valence-corrected chi connectivity index (χ1v) is 2.65. The molecule has 0 amide bonds. The summed E-state index contributed by atoms with van der Waals surface area (Å²) in [5.41, 5.74) is 1.55. The Bertz CT molecular complexity index is 252. The van der Waals surface area contributed by atoms with Crippen LogP contribution in [0.4, 0.5) is 0 Å². The molecule has 0 radical (unpaired) electrons. The molecule has 0 fully saturated rings. The second-order valence-electron chi connectivity index (χ2n) is 1.83. The first-order chi connectivity index (χ1) is 4.33. The number of aromatic nitrogens is 1. The average Bonchev–Trinajstić information content (AvgIpc) is 1.88. The summed E-state index contributed by atoms with van der Waals surface area (Å²) in [6, 6.07) is 5.57. The van der Waals surface area contributed by atoms with Crippen molar-refractivity contribution in [1.29, 1.82) is 5.26 Å². The molecule has 52 valence electrons. The molecule has 0 aliphatic carbocycles. The number of pyridine rings is 1. The van der Waals surface area contributed by atoms with E-state index < -0.39 is 0 Å². The number of hydrogen-bond donors (Lipinski definition) is 0. The third-order valence-electron chi connectivity index (χ3n) is 1.03. The molecule has 0 aromatic carbocycles. The lowest BCUT2D eigenvalue weighted by molar-refractivity contribution is 1.23. The molecular formula is C7H7ClN2. The minimum Gasteiger partial charge on any atom is -0.246 e. The number of aryl methyl sites for hydroxylation is 1. The van der Waals surface area contributed by atoms with Gasteiger partial charge in [-0.3, -0.25) is 0 Å². The van der Waals surface area contributed by atoms with Crippen molar-refractivity contribution in [2.75, 3.05) is 0 Å². The second kappa shape index (κ2) is 3.86. The predicted molar refractivity (Wildman–Crippen MR) is 40.9 cm³/mol. The van der Waals surface area contributed by atoms with Crippen LogP contribution in [0.1, 0.15) is 11.3 Å². The molecule has 3 heteroatoms. The molecule has 0 atom stereocenters. The van der Waals surface area contributed by atoms with Gasteiger partial charge in [0, 0.05) is 6.20 Å². The number of hydrogen-bond acceptors (Lipinski definition) is 2. The lowest BCUT2D eigenvalue weighted by atomic mass is 10.2. The van der Waals surface area contributed by atoms with E-state index in [0.717, 1.165) is 5.56 Å². The van der Waals surface area contributed by atoms with Crippen molar-refractivity contribution >= 4 is 12.4 Å². The van der Waals surface area contributed by atoms with Crippen LogP contribution in [0.25, 0.3) is 0 Å². The number of nitrogens with zero attached hydrogens (tertiary/aromatic N) is 2. The molecular weight excluding hydrogens is 148 g/mol. The van der Waals surface area contributed by atoms with E-state index in [4.69, 9.17) is 5.26 Å². The largest absolute Gasteiger partial charge is 0.246 e. The Morgan fingerprint density at radius 2 is 2.30 bits per heavy atom. The van der Waals surface area contributed by atoms with Crippen LogP contribution in [0.15, 0.2) is 18.3 Å². The van der Waals surface area contributed by atoms with Crippen LogP contribution in [-0.2, 0) is 0 Å². The lowest BCUT2D eigenvalue weighted by Crippen LogP contribution is -1.80. The van der Waals surface area contributed by atoms with Gasteiger partial charge in [-0.05, 0) is 24.6 Å². The minimum atomic E-state index is 0. The van der Waals surface area contributed by atoms with E-state index in [0.29, 0.717) is 5.69 Å². The highest BCUT2D eigenvalue weighted by atomic mass is 35.5. The van der Waals surface area contributed by atoms with Crippen molar-refractivity contribution in [3.8, 4) is 6.07 Å². The van der Waals surface area contributed by atoms with Crippen LogP contribution >= 0.6 is 12.4 Å². The van der Waals surface area contributed by atoms with Crippen molar-refractivity contribution in [2.24, 2.45) is 0 Å². The first-order valence-electron chi connectivity index (χ1n) is 2.65. The van der Waals surface area contributed by atoms with E-state index >= 15 is 0 Å². The molecule has 1 aromatic rings. The van der Waals surface area contributed by atoms with Gasteiger partial charge in [-0.25, -0.2) is 4.98 Å². The van der Waals surface area contributed by atoms with Gasteiger partial charge in [0.25, 0.3) is 0 Å². The Labute approximate surface area is 65.9 Å². The normalized spacial score (nSPS) is 7.60. The van der Waals surface area contributed by atoms with Gasteiger partial charge >= 0.3 is 0 Å². The van der Waals surface area contributed by atoms with E-state index in [9.17, 15) is 0 Å². The van der Waals surface area contributed by atoms with Crippen LogP contribution in [0.5, 0.6) is 0 Å². The van der Waals surface area contributed by atoms with Crippen molar-refractivity contribution in [1.82, 2.24) is 4.98 Å². The summed E-state index contributed by atoms with van der Waals surface area (Å²) in [6.45, 7) is 1.93. The molecule has 0 bridgehead atoms. The van der Waals surface area contributed by atoms with E-state index in [2.05, 4.69) is 4.98 Å². The fourth-order valence-electron chi connectivity index (χ4n) is 0.597. The summed E-state index contributed by atoms with van der Waals surface area (Å²) < 4.78 is 0. The molecule has 0 aliphatic heterocycles. The number of nitriles is 1. The maximum atomic E-state index is 8.35. The van der Waals surface area contributed by atoms with Gasteiger partial charge in [-0.1, -0.05) is 0 Å². The molecule has 1 rings (SSSR count). The molecule has 0 saturated heterocycles. The molecule has 0 aliphatic rings. The van der Waals surface area contributed by atoms with Gasteiger partial charge in [0.1, 0.15) is 11.8 Å². The van der Waals surface area contributed by atoms with Crippen LogP contribution < -0.4 is 0 Å². The maximum Gasteiger partial charge on any atom is 0.140 e. The molecule has 1 heterocycles. The van der Waals surface area contributed by atoms with Gasteiger partial charge < -0.3 is 0 Å². The number of rotatable bonds is 0. The molecule has 0 N–H and O–H groups in total. The van der Waals surface area contributed by atoms with Gasteiger partial charge in [-0.2, -0.15) is 5.26 Å². The number of halogens is 1. The fraction of sp³-hybridized carbons (Fsp3) is 0.143. The Hall–Kier alpha value is -1.07. The topological polar surface area (TPSA) is 36.7 Å². The van der Waals surface area contributed by atoms with Gasteiger partial charge in [-0.15, -0.1) is 12.4 Å². The third-order valence-corrected chi connectivity index (χ3v) is 1.03. The second-order valence-corrected chi connectivity index (χ2v) is 1.83. The molecule has 10 heavy (non-hydrogen) atoms. The standard InChI is InChI=1S/C7H6N2.ClH/c1-6-2-3-9-7(4-6)5-8;/h2-4H,1H3;1H. The monoisotopic (exact) mass is 154 g/mol. The highest BCUT2D eigenvalue weighted by Crippen LogP contribution is 1.96. The summed E-state index contributed by atoms with van der Waals surface area (Å²) >= 11 is 0. The molecule has 0 unspecified atom stereocenters. The van der Waals surface area contributed by atoms with Crippen LogP contribution in [0.3, 0.4) is 0 Å². The first kappa shape index (κ1) is 8.93. The zero-order valence-electron chi connectivity index (χ0n) is 5.53. The molecule has 0 spiro atoms. The van der Waals surface area contributed by atoms with Crippen LogP contribution in [-0.4, -0.2) is 4.98 Å². The minimum absolute atomic E-state index is 0. The van der Waals surface area contributed by atoms with E-state index in [-0.39, 0.29) is 12.4 Å². The van der Waals surface area contributed by atoms with Crippen molar-refractivity contribution in [3.63, 3.8) is 0 Å². The smallest absolute Gasteiger partial charge is 0.140 e. The Balaban J connectivity index is 0.000000810. The lowest BCUT2D eigenvalue weighted by Gasteiger charge is -1.87. The summed E-state index contributed by atoms with van der Waals surface area (Å²) in [5.74, 6) is 0. The highest BCUT2D eigenvalue weighted by molar-refractivity contribution is 5.85. The van der Waals surface area contributed by atoms with Gasteiger partial charge in [0.05, 0.1) is 0 Å². The average molecular weight is 155 g/mol. The van der Waals surface area contributed by atoms with E-state index in [1.54, 1.807) is 12.3 Å². The predicted octanol–water partition coefficient (Wildman–Crippen LogP) is 1.68. The Morgan fingerprint density at radius 3 is 2.70 bits per heavy atom. The zero-order valence-corrected chi connectivity index (χ0v) is 6.35. The van der Waals surface area contributed by atoms with Gasteiger partial charge in [0.15, 0.2) is 0 Å². The Morgan fingerprint density at radius 1 is 1.60 bits per heavy atom. The van der Waals surface area contributed by atoms with E-state index in [1.165, 1.54) is 0 Å². The SMILES string of the molecule is Cc1ccnc(C#N)c1.Cl. The van der Waals surface area contributed by atoms with Crippen molar-refractivity contribution in [3.05, 3.63) is 29.6 Å². The summed E-state index contributed by atoms with van der Waals surface area (Å²) in [7, 11) is 0. The van der Waals surface area contributed by atoms with Crippen LogP contribution in [0.2, 0.25) is 0 Å². The zero-order chi connectivity index (χ0) is 6.69. The van der Waals surface area contributed by atoms with Crippen LogP contribution in [0, 0.1) is 18.3 Å². The molecule has 1 aromatic heterocycles. The van der Waals surface area contributed by atoms with Crippen molar-refractivity contribution in [2.45, 2.75) is 6.92 Å². The summed E-state index contributed by atoms with van der Waals surface area (Å²) in [5, 5.41) is 8.35. The fourth-order valence-corrected chi connectivity index (χ4v) is 0.597. The van der Waals surface area contributed by atoms with Crippen molar-refractivity contribution < 1.29 is 0 Å². The maximum absolute atomic E-state index is 8.35. The van der Waals surface area contributed by atoms with Gasteiger partial charge in [0.2, 0.25) is 0 Å². The van der Waals surface area contributed by atoms with E-state index in [1.807, 2.05) is 19.1 Å². The third kappa shape index (κ3) is 2.04. The highest BCUT2D eigenvalue weighted by Gasteiger charge is 1.87.